The summed E-state index contributed by atoms with van der Waals surface area (Å²) in [4.78, 5) is 0. The molecule has 2 unspecified atom stereocenters. The largest absolute Gasteiger partial charge is 0.378 e. The first-order chi connectivity index (χ1) is 9.18. The fourth-order valence-corrected chi connectivity index (χ4v) is 3.31. The van der Waals surface area contributed by atoms with Crippen LogP contribution in [0.1, 0.15) is 32.3 Å². The van der Waals surface area contributed by atoms with Gasteiger partial charge in [0, 0.05) is 23.0 Å². The zero-order chi connectivity index (χ0) is 13.7. The molecule has 0 bridgehead atoms. The third kappa shape index (κ3) is 3.59. The lowest BCUT2D eigenvalue weighted by Crippen LogP contribution is -2.41. The molecule has 1 N–H and O–H groups in total. The molecule has 0 saturated carbocycles. The SMILES string of the molecule is CCCNCC1(Cc2ccccc2Br)CCOC1C. The molecule has 0 amide bonds. The molecule has 2 nitrogen and oxygen atoms in total. The van der Waals surface area contributed by atoms with Crippen LogP contribution in [0.25, 0.3) is 0 Å². The summed E-state index contributed by atoms with van der Waals surface area (Å²) in [6.07, 6.45) is 3.72. The molecule has 1 aromatic carbocycles. The molecule has 1 aliphatic heterocycles. The Kier molecular flexibility index (Phi) is 5.43. The number of hydrogen-bond acceptors (Lipinski definition) is 2. The highest BCUT2D eigenvalue weighted by molar-refractivity contribution is 9.10. The minimum absolute atomic E-state index is 0.235. The van der Waals surface area contributed by atoms with E-state index in [-0.39, 0.29) is 5.41 Å². The van der Waals surface area contributed by atoms with E-state index in [1.54, 1.807) is 0 Å². The maximum atomic E-state index is 5.86. The van der Waals surface area contributed by atoms with Gasteiger partial charge in [0.25, 0.3) is 0 Å². The normalized spacial score (nSPS) is 26.8. The molecule has 2 rings (SSSR count). The molecular formula is C16H24BrNO. The van der Waals surface area contributed by atoms with Crippen molar-refractivity contribution in [3.8, 4) is 0 Å². The van der Waals surface area contributed by atoms with Gasteiger partial charge >= 0.3 is 0 Å². The topological polar surface area (TPSA) is 21.3 Å². The molecule has 106 valence electrons. The van der Waals surface area contributed by atoms with Gasteiger partial charge in [0.05, 0.1) is 6.10 Å². The zero-order valence-corrected chi connectivity index (χ0v) is 13.5. The molecule has 2 atom stereocenters. The lowest BCUT2D eigenvalue weighted by molar-refractivity contribution is 0.0630. The second-order valence-corrected chi connectivity index (χ2v) is 6.42. The van der Waals surface area contributed by atoms with Gasteiger partial charge in [-0.15, -0.1) is 0 Å². The summed E-state index contributed by atoms with van der Waals surface area (Å²) >= 11 is 3.67. The number of nitrogens with one attached hydrogen (secondary N) is 1. The van der Waals surface area contributed by atoms with Gasteiger partial charge in [-0.05, 0) is 44.4 Å². The first kappa shape index (κ1) is 15.0. The highest BCUT2D eigenvalue weighted by Crippen LogP contribution is 2.39. The van der Waals surface area contributed by atoms with Crippen LogP contribution in [0.15, 0.2) is 28.7 Å². The van der Waals surface area contributed by atoms with E-state index in [2.05, 4.69) is 59.4 Å². The van der Waals surface area contributed by atoms with Crippen molar-refractivity contribution in [2.24, 2.45) is 5.41 Å². The average molecular weight is 326 g/mol. The van der Waals surface area contributed by atoms with Crippen molar-refractivity contribution in [3.05, 3.63) is 34.3 Å². The predicted octanol–water partition coefficient (Wildman–Crippen LogP) is 3.79. The van der Waals surface area contributed by atoms with Gasteiger partial charge in [0.1, 0.15) is 0 Å². The summed E-state index contributed by atoms with van der Waals surface area (Å²) in [5, 5.41) is 3.59. The van der Waals surface area contributed by atoms with E-state index in [0.29, 0.717) is 6.10 Å². The molecule has 0 radical (unpaired) electrons. The van der Waals surface area contributed by atoms with Gasteiger partial charge in [-0.3, -0.25) is 0 Å². The second-order valence-electron chi connectivity index (χ2n) is 5.57. The van der Waals surface area contributed by atoms with E-state index in [0.717, 1.165) is 32.5 Å². The Labute approximate surface area is 125 Å². The van der Waals surface area contributed by atoms with Crippen LogP contribution in [0.2, 0.25) is 0 Å². The predicted molar refractivity (Wildman–Crippen MR) is 83.5 cm³/mol. The fraction of sp³-hybridized carbons (Fsp3) is 0.625. The highest BCUT2D eigenvalue weighted by Gasteiger charge is 2.41. The molecule has 1 heterocycles. The van der Waals surface area contributed by atoms with E-state index in [4.69, 9.17) is 4.74 Å². The summed E-state index contributed by atoms with van der Waals surface area (Å²) in [7, 11) is 0. The van der Waals surface area contributed by atoms with Crippen molar-refractivity contribution < 1.29 is 4.74 Å². The molecule has 3 heteroatoms. The number of benzene rings is 1. The Bertz CT molecular complexity index is 409. The van der Waals surface area contributed by atoms with Crippen molar-refractivity contribution in [3.63, 3.8) is 0 Å². The molecule has 1 saturated heterocycles. The number of hydrogen-bond donors (Lipinski definition) is 1. The quantitative estimate of drug-likeness (QED) is 0.803. The van der Waals surface area contributed by atoms with E-state index >= 15 is 0 Å². The van der Waals surface area contributed by atoms with Crippen molar-refractivity contribution in [2.45, 2.75) is 39.2 Å². The van der Waals surface area contributed by atoms with E-state index in [1.807, 2.05) is 0 Å². The lowest BCUT2D eigenvalue weighted by atomic mass is 9.76. The minimum atomic E-state index is 0.235. The maximum absolute atomic E-state index is 5.86. The van der Waals surface area contributed by atoms with Crippen LogP contribution in [0.5, 0.6) is 0 Å². The average Bonchev–Trinajstić information content (AvgIpc) is 2.75. The Morgan fingerprint density at radius 1 is 1.42 bits per heavy atom. The maximum Gasteiger partial charge on any atom is 0.0619 e. The number of ether oxygens (including phenoxy) is 1. The lowest BCUT2D eigenvalue weighted by Gasteiger charge is -2.33. The van der Waals surface area contributed by atoms with Crippen molar-refractivity contribution in [2.75, 3.05) is 19.7 Å². The Morgan fingerprint density at radius 3 is 2.84 bits per heavy atom. The van der Waals surface area contributed by atoms with Gasteiger partial charge in [-0.25, -0.2) is 0 Å². The third-order valence-corrected chi connectivity index (χ3v) is 5.01. The Morgan fingerprint density at radius 2 is 2.21 bits per heavy atom. The van der Waals surface area contributed by atoms with E-state index in [9.17, 15) is 0 Å². The van der Waals surface area contributed by atoms with Gasteiger partial charge in [-0.1, -0.05) is 41.1 Å². The highest BCUT2D eigenvalue weighted by atomic mass is 79.9. The molecule has 0 aromatic heterocycles. The van der Waals surface area contributed by atoms with Crippen molar-refractivity contribution in [1.29, 1.82) is 0 Å². The fourth-order valence-electron chi connectivity index (χ4n) is 2.88. The molecule has 1 fully saturated rings. The van der Waals surface area contributed by atoms with Crippen molar-refractivity contribution >= 4 is 15.9 Å². The first-order valence-corrected chi connectivity index (χ1v) is 8.03. The van der Waals surface area contributed by atoms with Crippen LogP contribution in [0, 0.1) is 5.41 Å². The smallest absolute Gasteiger partial charge is 0.0619 e. The van der Waals surface area contributed by atoms with Gasteiger partial charge < -0.3 is 10.1 Å². The van der Waals surface area contributed by atoms with Crippen LogP contribution >= 0.6 is 15.9 Å². The first-order valence-electron chi connectivity index (χ1n) is 7.24. The number of rotatable bonds is 6. The van der Waals surface area contributed by atoms with Crippen LogP contribution in [-0.4, -0.2) is 25.8 Å². The van der Waals surface area contributed by atoms with E-state index in [1.165, 1.54) is 16.5 Å². The molecule has 1 aliphatic rings. The third-order valence-electron chi connectivity index (χ3n) is 4.23. The molecular weight excluding hydrogens is 302 g/mol. The number of halogens is 1. The summed E-state index contributed by atoms with van der Waals surface area (Å²) in [6, 6.07) is 8.54. The van der Waals surface area contributed by atoms with Gasteiger partial charge in [0.2, 0.25) is 0 Å². The molecule has 0 aliphatic carbocycles. The summed E-state index contributed by atoms with van der Waals surface area (Å²) in [5.74, 6) is 0. The standard InChI is InChI=1S/C16H24BrNO/c1-3-9-18-12-16(8-10-19-13(16)2)11-14-6-4-5-7-15(14)17/h4-7,13,18H,3,8-12H2,1-2H3. The zero-order valence-electron chi connectivity index (χ0n) is 11.9. The second kappa shape index (κ2) is 6.87. The Hall–Kier alpha value is -0.380. The van der Waals surface area contributed by atoms with Crippen molar-refractivity contribution in [1.82, 2.24) is 5.32 Å². The van der Waals surface area contributed by atoms with Crippen LogP contribution in [0.3, 0.4) is 0 Å². The summed E-state index contributed by atoms with van der Waals surface area (Å²) < 4.78 is 7.07. The van der Waals surface area contributed by atoms with Gasteiger partial charge in [-0.2, -0.15) is 0 Å². The molecule has 0 spiro atoms. The van der Waals surface area contributed by atoms with Gasteiger partial charge in [0.15, 0.2) is 0 Å². The molecule has 19 heavy (non-hydrogen) atoms. The summed E-state index contributed by atoms with van der Waals surface area (Å²) in [5.41, 5.74) is 1.62. The Balaban J connectivity index is 2.12. The van der Waals surface area contributed by atoms with Crippen LogP contribution in [0.4, 0.5) is 0 Å². The van der Waals surface area contributed by atoms with E-state index < -0.39 is 0 Å². The summed E-state index contributed by atoms with van der Waals surface area (Å²) in [6.45, 7) is 7.45. The minimum Gasteiger partial charge on any atom is -0.378 e. The van der Waals surface area contributed by atoms with Crippen LogP contribution < -0.4 is 5.32 Å². The molecule has 1 aromatic rings. The van der Waals surface area contributed by atoms with Crippen LogP contribution in [-0.2, 0) is 11.2 Å². The monoisotopic (exact) mass is 325 g/mol.